The summed E-state index contributed by atoms with van der Waals surface area (Å²) in [6.07, 6.45) is 0.583. The summed E-state index contributed by atoms with van der Waals surface area (Å²) in [7, 11) is -1.59. The molecule has 5 aromatic rings. The van der Waals surface area contributed by atoms with Crippen LogP contribution in [-0.4, -0.2) is 42.4 Å². The van der Waals surface area contributed by atoms with Crippen LogP contribution >= 0.6 is 56.4 Å². The average Bonchev–Trinajstić information content (AvgIpc) is 3.94. The van der Waals surface area contributed by atoms with E-state index in [-0.39, 0.29) is 5.75 Å². The van der Waals surface area contributed by atoms with Gasteiger partial charge in [0.1, 0.15) is 23.0 Å². The molecule has 0 spiro atoms. The van der Waals surface area contributed by atoms with Crippen LogP contribution in [-0.2, 0) is 4.74 Å². The zero-order valence-electron chi connectivity index (χ0n) is 28.8. The maximum atomic E-state index is 9.13. The van der Waals surface area contributed by atoms with Crippen LogP contribution in [0.4, 0.5) is 5.69 Å². The number of para-hydroxylation sites is 4. The molecule has 1 fully saturated rings. The van der Waals surface area contributed by atoms with E-state index in [9.17, 15) is 0 Å². The number of rotatable bonds is 9. The molecule has 0 saturated carbocycles. The monoisotopic (exact) mass is 890 g/mol. The van der Waals surface area contributed by atoms with Gasteiger partial charge in [0.05, 0.1) is 17.2 Å². The molecule has 1 unspecified atom stereocenters. The Morgan fingerprint density at radius 1 is 0.640 bits per heavy atom. The fourth-order valence-corrected chi connectivity index (χ4v) is 5.76. The number of hydrogen-bond acceptors (Lipinski definition) is 7. The second kappa shape index (κ2) is 25.8. The molecule has 5 aromatic carbocycles. The molecule has 0 radical (unpaired) electrons. The molecule has 50 heavy (non-hydrogen) atoms. The maximum Gasteiger partial charge on any atom is 0.530 e. The highest BCUT2D eigenvalue weighted by Gasteiger charge is 2.19. The Balaban J connectivity index is 0.000000254. The van der Waals surface area contributed by atoms with Gasteiger partial charge >= 0.3 is 8.60 Å². The second-order valence-electron chi connectivity index (χ2n) is 10.3. The van der Waals surface area contributed by atoms with Crippen LogP contribution < -0.4 is 19.3 Å². The van der Waals surface area contributed by atoms with Crippen molar-refractivity contribution < 1.29 is 23.4 Å². The lowest BCUT2D eigenvalue weighted by atomic mass is 10.3. The van der Waals surface area contributed by atoms with Gasteiger partial charge in [-0.25, -0.2) is 0 Å². The molecule has 0 bridgehead atoms. The number of phenols is 1. The van der Waals surface area contributed by atoms with Crippen molar-refractivity contribution in [3.63, 3.8) is 0 Å². The van der Waals surface area contributed by atoms with Crippen molar-refractivity contribution in [2.75, 3.05) is 32.0 Å². The number of nitrogens with zero attached hydrogens (tertiary/aromatic N) is 1. The van der Waals surface area contributed by atoms with Crippen LogP contribution in [0, 0.1) is 0 Å². The van der Waals surface area contributed by atoms with Gasteiger partial charge < -0.3 is 34.0 Å². The third-order valence-electron chi connectivity index (χ3n) is 6.43. The largest absolute Gasteiger partial charge is 0.530 e. The molecule has 0 aliphatic carbocycles. The van der Waals surface area contributed by atoms with Gasteiger partial charge in [-0.3, -0.25) is 0 Å². The van der Waals surface area contributed by atoms with Gasteiger partial charge in [-0.2, -0.15) is 0 Å². The zero-order valence-corrected chi connectivity index (χ0v) is 34.4. The highest BCUT2D eigenvalue weighted by atomic mass is 79.9. The van der Waals surface area contributed by atoms with E-state index in [4.69, 9.17) is 29.1 Å². The SMILES string of the molecule is CC1CO1.CCN(CC)CC.Nc1ccccc1.Oc1ccc(Br)c(Br)c1Br.c1ccc(OP(Oc2ccccc2)Oc2ccccc2)cc1. The molecular formula is C39H46Br3N2O5P. The quantitative estimate of drug-likeness (QED) is 0.0659. The van der Waals surface area contributed by atoms with E-state index in [0.29, 0.717) is 27.8 Å². The van der Waals surface area contributed by atoms with E-state index in [1.807, 2.05) is 121 Å². The number of nitrogens with two attached hydrogens (primary N) is 1. The normalized spacial score (nSPS) is 12.3. The number of epoxide rings is 1. The lowest BCUT2D eigenvalue weighted by molar-refractivity contribution is 0.321. The molecule has 1 aliphatic heterocycles. The van der Waals surface area contributed by atoms with E-state index in [2.05, 4.69) is 80.4 Å². The first-order valence-corrected chi connectivity index (χ1v) is 19.6. The number of phenolic OH excluding ortho intramolecular Hbond substituents is 1. The van der Waals surface area contributed by atoms with Crippen LogP contribution in [0.15, 0.2) is 147 Å². The Morgan fingerprint density at radius 2 is 0.980 bits per heavy atom. The second-order valence-corrected chi connectivity index (χ2v) is 13.7. The lowest BCUT2D eigenvalue weighted by Gasteiger charge is -2.17. The number of aromatic hydroxyl groups is 1. The number of anilines is 1. The summed E-state index contributed by atoms with van der Waals surface area (Å²) in [6.45, 7) is 13.2. The minimum absolute atomic E-state index is 0.232. The van der Waals surface area contributed by atoms with Crippen LogP contribution in [0.25, 0.3) is 0 Å². The summed E-state index contributed by atoms with van der Waals surface area (Å²) in [4.78, 5) is 2.38. The smallest absolute Gasteiger partial charge is 0.507 e. The first-order chi connectivity index (χ1) is 24.2. The Labute approximate surface area is 324 Å². The van der Waals surface area contributed by atoms with Gasteiger partial charge in [-0.1, -0.05) is 93.6 Å². The van der Waals surface area contributed by atoms with Crippen LogP contribution in [0.1, 0.15) is 27.7 Å². The fourth-order valence-electron chi connectivity index (χ4n) is 3.49. The van der Waals surface area contributed by atoms with Crippen LogP contribution in [0.5, 0.6) is 23.0 Å². The summed E-state index contributed by atoms with van der Waals surface area (Å²) in [5.74, 6) is 2.36. The lowest BCUT2D eigenvalue weighted by Crippen LogP contribution is -2.21. The van der Waals surface area contributed by atoms with E-state index in [1.165, 1.54) is 19.6 Å². The molecule has 1 aliphatic rings. The van der Waals surface area contributed by atoms with Crippen molar-refractivity contribution in [2.45, 2.75) is 33.8 Å². The van der Waals surface area contributed by atoms with Crippen molar-refractivity contribution in [3.05, 3.63) is 147 Å². The van der Waals surface area contributed by atoms with Gasteiger partial charge in [-0.05, 0) is 135 Å². The van der Waals surface area contributed by atoms with Gasteiger partial charge in [0.15, 0.2) is 0 Å². The summed E-state index contributed by atoms with van der Waals surface area (Å²) < 4.78 is 24.6. The van der Waals surface area contributed by atoms with E-state index in [1.54, 1.807) is 12.1 Å². The molecule has 268 valence electrons. The van der Waals surface area contributed by atoms with E-state index in [0.717, 1.165) is 21.2 Å². The number of hydrogen-bond donors (Lipinski definition) is 2. The van der Waals surface area contributed by atoms with E-state index < -0.39 is 8.60 Å². The van der Waals surface area contributed by atoms with Crippen molar-refractivity contribution in [2.24, 2.45) is 0 Å². The van der Waals surface area contributed by atoms with Crippen LogP contribution in [0.3, 0.4) is 0 Å². The van der Waals surface area contributed by atoms with E-state index >= 15 is 0 Å². The topological polar surface area (TPSA) is 89.7 Å². The van der Waals surface area contributed by atoms with Crippen LogP contribution in [0.2, 0.25) is 0 Å². The van der Waals surface area contributed by atoms with Crippen molar-refractivity contribution in [1.82, 2.24) is 4.90 Å². The number of nitrogen functional groups attached to an aromatic ring is 1. The minimum atomic E-state index is -1.59. The minimum Gasteiger partial charge on any atom is -0.507 e. The van der Waals surface area contributed by atoms with Gasteiger partial charge in [0.2, 0.25) is 0 Å². The number of benzene rings is 5. The third-order valence-corrected chi connectivity index (χ3v) is 10.9. The Hall–Kier alpha value is -3.11. The Morgan fingerprint density at radius 3 is 1.22 bits per heavy atom. The zero-order chi connectivity index (χ0) is 36.6. The molecule has 0 amide bonds. The number of halogens is 3. The molecule has 11 heteroatoms. The fraction of sp³-hybridized carbons (Fsp3) is 0.231. The summed E-state index contributed by atoms with van der Waals surface area (Å²) in [5, 5.41) is 9.13. The van der Waals surface area contributed by atoms with Gasteiger partial charge in [0.25, 0.3) is 0 Å². The first-order valence-electron chi connectivity index (χ1n) is 16.1. The number of ether oxygens (including phenoxy) is 1. The highest BCUT2D eigenvalue weighted by Crippen LogP contribution is 2.42. The van der Waals surface area contributed by atoms with Gasteiger partial charge in [0, 0.05) is 14.6 Å². The molecule has 1 saturated heterocycles. The first kappa shape index (κ1) is 43.1. The molecular weight excluding hydrogens is 847 g/mol. The van der Waals surface area contributed by atoms with Gasteiger partial charge in [-0.15, -0.1) is 0 Å². The molecule has 7 nitrogen and oxygen atoms in total. The molecule has 1 atom stereocenters. The van der Waals surface area contributed by atoms with Crippen molar-refractivity contribution in [1.29, 1.82) is 0 Å². The highest BCUT2D eigenvalue weighted by molar-refractivity contribution is 9.14. The predicted molar refractivity (Wildman–Crippen MR) is 219 cm³/mol. The molecule has 0 aromatic heterocycles. The summed E-state index contributed by atoms with van der Waals surface area (Å²) in [6, 6.07) is 41.4. The predicted octanol–water partition coefficient (Wildman–Crippen LogP) is 12.2. The van der Waals surface area contributed by atoms with Crippen molar-refractivity contribution in [3.8, 4) is 23.0 Å². The standard InChI is InChI=1S/C18H15O3P.C6H3Br3O.C6H7N.C6H15N.C3H6O/c1-4-10-16(11-5-1)19-22(20-17-12-6-2-7-13-17)21-18-14-8-3-9-15-18;7-3-1-2-4(10)6(9)5(3)8;7-6-4-2-1-3-5-6;1-4-7(5-2)6-3;1-3-2-4-3/h1-15H;1-2,10H;1-5H,7H2;4-6H2,1-3H3;3H,2H2,1H3. The van der Waals surface area contributed by atoms with Crippen molar-refractivity contribution >= 4 is 62.1 Å². The summed E-state index contributed by atoms with van der Waals surface area (Å²) in [5.41, 5.74) is 6.18. The summed E-state index contributed by atoms with van der Waals surface area (Å²) >= 11 is 9.77. The maximum absolute atomic E-state index is 9.13. The third kappa shape index (κ3) is 19.3. The Kier molecular flexibility index (Phi) is 22.2. The molecule has 6 rings (SSSR count). The Bertz CT molecular complexity index is 1440. The molecule has 3 N–H and O–H groups in total. The average molecular weight is 893 g/mol. The molecule has 1 heterocycles.